The number of carbonyl (C=O) groups excluding carboxylic acids is 3. The number of carbonyl (C=O) groups is 3. The summed E-state index contributed by atoms with van der Waals surface area (Å²) in [5.74, 6) is 0.235. The molecule has 0 radical (unpaired) electrons. The number of phenolic OH excluding ortho intramolecular Hbond substituents is 1. The molecule has 0 aliphatic carbocycles. The van der Waals surface area contributed by atoms with E-state index in [2.05, 4.69) is 42.5 Å². The summed E-state index contributed by atoms with van der Waals surface area (Å²) in [6, 6.07) is 12.1. The fourth-order valence-electron chi connectivity index (χ4n) is 7.79. The SMILES string of the molecule is O=C(CC(Cc1cc(Br)c(O)c(Br)c1)C(=O)N1CCC(C2CCCCCN2)CC1)N1CCC(N2Cc3ccccc3NC2=O)CC1. The maximum atomic E-state index is 14.1. The van der Waals surface area contributed by atoms with Gasteiger partial charge in [0.25, 0.3) is 0 Å². The lowest BCUT2D eigenvalue weighted by molar-refractivity contribution is -0.143. The molecule has 9 nitrogen and oxygen atoms in total. The predicted molar refractivity (Wildman–Crippen MR) is 185 cm³/mol. The van der Waals surface area contributed by atoms with Gasteiger partial charge in [0.05, 0.1) is 14.9 Å². The molecule has 4 amide bonds. The smallest absolute Gasteiger partial charge is 0.322 e. The van der Waals surface area contributed by atoms with E-state index >= 15 is 0 Å². The molecule has 2 aromatic rings. The Bertz CT molecular complexity index is 1390. The fraction of sp³-hybridized carbons (Fsp3) is 0.571. The van der Waals surface area contributed by atoms with Gasteiger partial charge in [0, 0.05) is 56.9 Å². The van der Waals surface area contributed by atoms with E-state index in [4.69, 9.17) is 0 Å². The number of nitrogens with zero attached hydrogens (tertiary/aromatic N) is 3. The minimum atomic E-state index is -0.495. The first-order chi connectivity index (χ1) is 22.3. The predicted octanol–water partition coefficient (Wildman–Crippen LogP) is 6.28. The van der Waals surface area contributed by atoms with Crippen LogP contribution in [0, 0.1) is 11.8 Å². The minimum absolute atomic E-state index is 0.0142. The number of nitrogens with one attached hydrogen (secondary N) is 2. The molecular formula is C35H45Br2N5O4. The highest BCUT2D eigenvalue weighted by Gasteiger charge is 2.36. The van der Waals surface area contributed by atoms with Crippen LogP contribution < -0.4 is 10.6 Å². The fourth-order valence-corrected chi connectivity index (χ4v) is 9.07. The summed E-state index contributed by atoms with van der Waals surface area (Å²) in [4.78, 5) is 46.5. The van der Waals surface area contributed by atoms with Crippen molar-refractivity contribution < 1.29 is 19.5 Å². The van der Waals surface area contributed by atoms with Crippen LogP contribution in [0.25, 0.3) is 0 Å². The lowest BCUT2D eigenvalue weighted by Gasteiger charge is -2.41. The molecule has 11 heteroatoms. The highest BCUT2D eigenvalue weighted by molar-refractivity contribution is 9.11. The van der Waals surface area contributed by atoms with Gasteiger partial charge in [-0.3, -0.25) is 9.59 Å². The van der Waals surface area contributed by atoms with Gasteiger partial charge < -0.3 is 30.4 Å². The van der Waals surface area contributed by atoms with Crippen LogP contribution in [0.1, 0.15) is 68.9 Å². The molecule has 3 N–H and O–H groups in total. The molecule has 3 fully saturated rings. The quantitative estimate of drug-likeness (QED) is 0.309. The lowest BCUT2D eigenvalue weighted by Crippen LogP contribution is -2.51. The van der Waals surface area contributed by atoms with Crippen molar-refractivity contribution in [3.8, 4) is 5.75 Å². The molecule has 0 aromatic heterocycles. The molecule has 248 valence electrons. The topological polar surface area (TPSA) is 105 Å². The van der Waals surface area contributed by atoms with Crippen LogP contribution in [-0.2, 0) is 22.6 Å². The molecule has 0 spiro atoms. The Hall–Kier alpha value is -2.63. The molecule has 3 saturated heterocycles. The maximum absolute atomic E-state index is 14.1. The number of phenols is 1. The summed E-state index contributed by atoms with van der Waals surface area (Å²) < 4.78 is 1.11. The number of hydrogen-bond donors (Lipinski definition) is 3. The molecule has 4 heterocycles. The largest absolute Gasteiger partial charge is 0.506 e. The number of benzene rings is 2. The second-order valence-corrected chi connectivity index (χ2v) is 15.1. The average molecular weight is 760 g/mol. The third-order valence-electron chi connectivity index (χ3n) is 10.5. The second kappa shape index (κ2) is 15.1. The molecule has 6 rings (SSSR count). The summed E-state index contributed by atoms with van der Waals surface area (Å²) in [6.45, 7) is 4.23. The number of fused-ring (bicyclic) bond motifs is 1. The van der Waals surface area contributed by atoms with Crippen molar-refractivity contribution in [2.75, 3.05) is 38.0 Å². The van der Waals surface area contributed by atoms with Crippen LogP contribution in [0.2, 0.25) is 0 Å². The van der Waals surface area contributed by atoms with Crippen molar-refractivity contribution in [3.05, 3.63) is 56.5 Å². The van der Waals surface area contributed by atoms with Gasteiger partial charge in [-0.1, -0.05) is 31.0 Å². The van der Waals surface area contributed by atoms with E-state index in [0.29, 0.717) is 59.8 Å². The van der Waals surface area contributed by atoms with E-state index in [1.807, 2.05) is 51.1 Å². The van der Waals surface area contributed by atoms with E-state index in [0.717, 1.165) is 49.3 Å². The monoisotopic (exact) mass is 757 g/mol. The van der Waals surface area contributed by atoms with Crippen molar-refractivity contribution in [2.24, 2.45) is 11.8 Å². The van der Waals surface area contributed by atoms with Gasteiger partial charge in [-0.05, 0) is 119 Å². The number of halogens is 2. The molecule has 2 atom stereocenters. The summed E-state index contributed by atoms with van der Waals surface area (Å²) in [5, 5.41) is 17.0. The molecule has 2 aromatic carbocycles. The third kappa shape index (κ3) is 7.73. The number of para-hydroxylation sites is 1. The number of likely N-dealkylation sites (tertiary alicyclic amines) is 2. The van der Waals surface area contributed by atoms with Gasteiger partial charge in [-0.15, -0.1) is 0 Å². The van der Waals surface area contributed by atoms with Gasteiger partial charge >= 0.3 is 6.03 Å². The summed E-state index contributed by atoms with van der Waals surface area (Å²) >= 11 is 6.85. The Balaban J connectivity index is 1.09. The van der Waals surface area contributed by atoms with Gasteiger partial charge in [-0.25, -0.2) is 4.79 Å². The van der Waals surface area contributed by atoms with Crippen molar-refractivity contribution >= 4 is 55.4 Å². The van der Waals surface area contributed by atoms with E-state index < -0.39 is 5.92 Å². The van der Waals surface area contributed by atoms with Crippen LogP contribution in [0.3, 0.4) is 0 Å². The Morgan fingerprint density at radius 3 is 2.35 bits per heavy atom. The number of hydrogen-bond acceptors (Lipinski definition) is 5. The van der Waals surface area contributed by atoms with E-state index in [-0.39, 0.29) is 36.1 Å². The Kier molecular flexibility index (Phi) is 10.9. The summed E-state index contributed by atoms with van der Waals surface area (Å²) in [7, 11) is 0. The van der Waals surface area contributed by atoms with Crippen LogP contribution in [0.5, 0.6) is 5.75 Å². The molecule has 0 saturated carbocycles. The Labute approximate surface area is 288 Å². The zero-order chi connectivity index (χ0) is 32.2. The number of piperidine rings is 2. The molecule has 4 aliphatic rings. The summed E-state index contributed by atoms with van der Waals surface area (Å²) in [5.41, 5.74) is 2.85. The minimum Gasteiger partial charge on any atom is -0.506 e. The maximum Gasteiger partial charge on any atom is 0.322 e. The average Bonchev–Trinajstić information content (AvgIpc) is 3.36. The first-order valence-electron chi connectivity index (χ1n) is 16.9. The number of urea groups is 1. The normalized spacial score (nSPS) is 22.2. The van der Waals surface area contributed by atoms with E-state index in [9.17, 15) is 19.5 Å². The van der Waals surface area contributed by atoms with Crippen LogP contribution in [0.15, 0.2) is 45.3 Å². The third-order valence-corrected chi connectivity index (χ3v) is 11.7. The lowest BCUT2D eigenvalue weighted by atomic mass is 9.86. The van der Waals surface area contributed by atoms with Gasteiger partial charge in [0.2, 0.25) is 11.8 Å². The molecular weight excluding hydrogens is 714 g/mol. The van der Waals surface area contributed by atoms with Crippen molar-refractivity contribution in [1.29, 1.82) is 0 Å². The molecule has 4 aliphatic heterocycles. The second-order valence-electron chi connectivity index (χ2n) is 13.4. The summed E-state index contributed by atoms with van der Waals surface area (Å²) in [6.07, 6.45) is 8.97. The Morgan fingerprint density at radius 1 is 0.913 bits per heavy atom. The molecule has 0 bridgehead atoms. The number of anilines is 1. The zero-order valence-corrected chi connectivity index (χ0v) is 29.5. The first kappa shape index (κ1) is 33.3. The van der Waals surface area contributed by atoms with Crippen LogP contribution in [0.4, 0.5) is 10.5 Å². The Morgan fingerprint density at radius 2 is 1.61 bits per heavy atom. The van der Waals surface area contributed by atoms with E-state index in [1.54, 1.807) is 0 Å². The zero-order valence-electron chi connectivity index (χ0n) is 26.4. The van der Waals surface area contributed by atoms with Gasteiger partial charge in [-0.2, -0.15) is 0 Å². The van der Waals surface area contributed by atoms with Crippen molar-refractivity contribution in [1.82, 2.24) is 20.0 Å². The van der Waals surface area contributed by atoms with Crippen molar-refractivity contribution in [3.63, 3.8) is 0 Å². The van der Waals surface area contributed by atoms with Crippen molar-refractivity contribution in [2.45, 2.75) is 82.8 Å². The van der Waals surface area contributed by atoms with E-state index in [1.165, 1.54) is 25.7 Å². The number of aromatic hydroxyl groups is 1. The van der Waals surface area contributed by atoms with Gasteiger partial charge in [0.15, 0.2) is 0 Å². The molecule has 46 heavy (non-hydrogen) atoms. The first-order valence-corrected chi connectivity index (χ1v) is 18.5. The standard InChI is InChI=1S/C35H45Br2N5O4/c36-28-19-23(20-29(37)33(28)44)18-26(34(45)41-14-9-24(10-15-41)30-7-2-1-5-13-38-30)21-32(43)40-16-11-27(12-17-40)42-22-25-6-3-4-8-31(25)39-35(42)46/h3-4,6,8,19-20,24,26-27,30,38,44H,1-2,5,7,9-18,21-22H2,(H,39,46). The van der Waals surface area contributed by atoms with Crippen LogP contribution >= 0.6 is 31.9 Å². The number of amides is 4. The highest BCUT2D eigenvalue weighted by Crippen LogP contribution is 2.35. The highest BCUT2D eigenvalue weighted by atomic mass is 79.9. The number of rotatable bonds is 7. The van der Waals surface area contributed by atoms with Crippen LogP contribution in [-0.4, -0.2) is 82.5 Å². The molecule has 2 unspecified atom stereocenters. The van der Waals surface area contributed by atoms with Gasteiger partial charge in [0.1, 0.15) is 5.75 Å².